The molecule has 0 radical (unpaired) electrons. The molecule has 14 heavy (non-hydrogen) atoms. The SMILES string of the molecule is O=Cc1cn(SF)c2ncc(Br)nc12. The third kappa shape index (κ3) is 1.42. The molecule has 0 saturated carbocycles. The summed E-state index contributed by atoms with van der Waals surface area (Å²) in [4.78, 5) is 18.6. The molecule has 0 fully saturated rings. The Hall–Kier alpha value is -0.950. The molecule has 72 valence electrons. The maximum atomic E-state index is 12.4. The van der Waals surface area contributed by atoms with Gasteiger partial charge in [-0.3, -0.25) is 4.79 Å². The van der Waals surface area contributed by atoms with Crippen LogP contribution in [0.15, 0.2) is 17.0 Å². The van der Waals surface area contributed by atoms with E-state index in [1.165, 1.54) is 12.4 Å². The predicted octanol–water partition coefficient (Wildman–Crippen LogP) is 2.39. The number of hydrogen-bond donors (Lipinski definition) is 0. The van der Waals surface area contributed by atoms with Gasteiger partial charge in [0.25, 0.3) is 0 Å². The lowest BCUT2D eigenvalue weighted by Crippen LogP contribution is -1.86. The van der Waals surface area contributed by atoms with Crippen molar-refractivity contribution in [1.82, 2.24) is 13.9 Å². The molecule has 0 aliphatic heterocycles. The van der Waals surface area contributed by atoms with Crippen LogP contribution >= 0.6 is 28.3 Å². The minimum atomic E-state index is -0.0197. The highest BCUT2D eigenvalue weighted by Gasteiger charge is 2.11. The average molecular weight is 276 g/mol. The molecule has 4 nitrogen and oxygen atoms in total. The maximum absolute atomic E-state index is 12.4. The minimum absolute atomic E-state index is 0.0197. The van der Waals surface area contributed by atoms with Gasteiger partial charge in [-0.15, -0.1) is 3.89 Å². The van der Waals surface area contributed by atoms with Crippen LogP contribution in [-0.2, 0) is 0 Å². The first-order valence-corrected chi connectivity index (χ1v) is 5.01. The summed E-state index contributed by atoms with van der Waals surface area (Å²) < 4.78 is 14.1. The van der Waals surface area contributed by atoms with Gasteiger partial charge in [-0.05, 0) is 15.9 Å². The van der Waals surface area contributed by atoms with Gasteiger partial charge in [0.05, 0.1) is 11.8 Å². The van der Waals surface area contributed by atoms with Crippen LogP contribution in [0.4, 0.5) is 3.89 Å². The zero-order chi connectivity index (χ0) is 10.1. The van der Waals surface area contributed by atoms with E-state index in [0.717, 1.165) is 3.97 Å². The number of fused-ring (bicyclic) bond motifs is 1. The molecular weight excluding hydrogens is 273 g/mol. The van der Waals surface area contributed by atoms with Gasteiger partial charge in [-0.25, -0.2) is 13.9 Å². The second-order valence-corrected chi connectivity index (χ2v) is 3.81. The molecule has 0 N–H and O–H groups in total. The maximum Gasteiger partial charge on any atom is 0.171 e. The van der Waals surface area contributed by atoms with Gasteiger partial charge >= 0.3 is 0 Å². The summed E-state index contributed by atoms with van der Waals surface area (Å²) in [5, 5.41) is 0. The molecule has 0 atom stereocenters. The van der Waals surface area contributed by atoms with E-state index in [9.17, 15) is 8.68 Å². The summed E-state index contributed by atoms with van der Waals surface area (Å²) >= 11 is 3.11. The monoisotopic (exact) mass is 275 g/mol. The number of carbonyl (C=O) groups excluding carboxylic acids is 1. The van der Waals surface area contributed by atoms with Crippen molar-refractivity contribution in [3.05, 3.63) is 22.6 Å². The first-order valence-electron chi connectivity index (χ1n) is 3.54. The molecule has 0 spiro atoms. The zero-order valence-corrected chi connectivity index (χ0v) is 9.05. The number of aromatic nitrogens is 3. The molecule has 0 aromatic carbocycles. The van der Waals surface area contributed by atoms with Gasteiger partial charge in [0.15, 0.2) is 24.3 Å². The third-order valence-electron chi connectivity index (χ3n) is 1.66. The highest BCUT2D eigenvalue weighted by Crippen LogP contribution is 2.22. The van der Waals surface area contributed by atoms with Crippen molar-refractivity contribution in [2.24, 2.45) is 0 Å². The Balaban J connectivity index is 2.82. The van der Waals surface area contributed by atoms with Crippen molar-refractivity contribution in [2.75, 3.05) is 0 Å². The van der Waals surface area contributed by atoms with Crippen LogP contribution < -0.4 is 0 Å². The van der Waals surface area contributed by atoms with Crippen LogP contribution in [0.2, 0.25) is 0 Å². The topological polar surface area (TPSA) is 47.8 Å². The molecule has 0 aliphatic rings. The molecule has 0 unspecified atom stereocenters. The molecule has 7 heteroatoms. The summed E-state index contributed by atoms with van der Waals surface area (Å²) in [6.07, 6.45) is 3.43. The number of halogens is 2. The van der Waals surface area contributed by atoms with Crippen LogP contribution in [0.1, 0.15) is 10.4 Å². The predicted molar refractivity (Wildman–Crippen MR) is 54.7 cm³/mol. The van der Waals surface area contributed by atoms with E-state index in [2.05, 4.69) is 25.9 Å². The van der Waals surface area contributed by atoms with Crippen LogP contribution in [0.5, 0.6) is 0 Å². The van der Waals surface area contributed by atoms with Gasteiger partial charge in [0, 0.05) is 6.20 Å². The molecule has 2 aromatic heterocycles. The van der Waals surface area contributed by atoms with Crippen LogP contribution in [0, 0.1) is 0 Å². The van der Waals surface area contributed by atoms with Crippen LogP contribution in [-0.4, -0.2) is 20.2 Å². The standard InChI is InChI=1S/C7H3BrFN3OS/c8-5-1-10-7-6(11-5)4(3-13)2-12(7)14-9/h1-3H. The van der Waals surface area contributed by atoms with Crippen molar-refractivity contribution >= 4 is 45.7 Å². The first kappa shape index (κ1) is 9.60. The lowest BCUT2D eigenvalue weighted by molar-refractivity contribution is 0.112. The Labute approximate surface area is 91.1 Å². The number of rotatable bonds is 2. The van der Waals surface area contributed by atoms with Crippen LogP contribution in [0.3, 0.4) is 0 Å². The quantitative estimate of drug-likeness (QED) is 0.790. The summed E-state index contributed by atoms with van der Waals surface area (Å²) in [6, 6.07) is 0. The fourth-order valence-corrected chi connectivity index (χ4v) is 1.74. The number of aldehydes is 1. The van der Waals surface area contributed by atoms with Gasteiger partial charge in [-0.1, -0.05) is 0 Å². The molecule has 0 aliphatic carbocycles. The smallest absolute Gasteiger partial charge is 0.171 e. The molecule has 0 bridgehead atoms. The number of nitrogens with zero attached hydrogens (tertiary/aromatic N) is 3. The Bertz CT molecular complexity index is 501. The first-order chi connectivity index (χ1) is 6.76. The summed E-state index contributed by atoms with van der Waals surface area (Å²) in [7, 11) is 0. The van der Waals surface area contributed by atoms with E-state index >= 15 is 0 Å². The van der Waals surface area contributed by atoms with Crippen molar-refractivity contribution in [1.29, 1.82) is 0 Å². The minimum Gasteiger partial charge on any atom is -0.298 e. The van der Waals surface area contributed by atoms with Gasteiger partial charge < -0.3 is 0 Å². The Morgan fingerprint density at radius 2 is 2.43 bits per heavy atom. The third-order valence-corrected chi connectivity index (χ3v) is 2.47. The van der Waals surface area contributed by atoms with Crippen molar-refractivity contribution in [3.63, 3.8) is 0 Å². The fraction of sp³-hybridized carbons (Fsp3) is 0. The second-order valence-electron chi connectivity index (χ2n) is 2.46. The van der Waals surface area contributed by atoms with E-state index < -0.39 is 0 Å². The fourth-order valence-electron chi connectivity index (χ4n) is 1.10. The van der Waals surface area contributed by atoms with Gasteiger partial charge in [0.1, 0.15) is 10.1 Å². The van der Waals surface area contributed by atoms with E-state index in [0.29, 0.717) is 27.6 Å². The lowest BCUT2D eigenvalue weighted by Gasteiger charge is -1.93. The van der Waals surface area contributed by atoms with Gasteiger partial charge in [-0.2, -0.15) is 0 Å². The zero-order valence-electron chi connectivity index (χ0n) is 6.65. The largest absolute Gasteiger partial charge is 0.298 e. The average Bonchev–Trinajstić information content (AvgIpc) is 2.55. The molecular formula is C7H3BrFN3OS. The summed E-state index contributed by atoms with van der Waals surface area (Å²) in [5.41, 5.74) is 1.04. The molecule has 2 heterocycles. The van der Waals surface area contributed by atoms with Gasteiger partial charge in [0.2, 0.25) is 0 Å². The molecule has 2 aromatic rings. The number of hydrogen-bond acceptors (Lipinski definition) is 4. The Morgan fingerprint density at radius 3 is 3.07 bits per heavy atom. The molecule has 2 rings (SSSR count). The van der Waals surface area contributed by atoms with Crippen LogP contribution in [0.25, 0.3) is 11.2 Å². The Morgan fingerprint density at radius 1 is 1.64 bits per heavy atom. The number of carbonyl (C=O) groups is 1. The highest BCUT2D eigenvalue weighted by atomic mass is 79.9. The molecule has 0 saturated heterocycles. The Kier molecular flexibility index (Phi) is 2.51. The lowest BCUT2D eigenvalue weighted by atomic mass is 10.3. The van der Waals surface area contributed by atoms with Crippen molar-refractivity contribution < 1.29 is 8.68 Å². The van der Waals surface area contributed by atoms with E-state index in [-0.39, 0.29) is 12.3 Å². The van der Waals surface area contributed by atoms with Crippen molar-refractivity contribution in [2.45, 2.75) is 0 Å². The van der Waals surface area contributed by atoms with E-state index in [1.807, 2.05) is 0 Å². The highest BCUT2D eigenvalue weighted by molar-refractivity contribution is 9.10. The van der Waals surface area contributed by atoms with Crippen molar-refractivity contribution in [3.8, 4) is 0 Å². The second kappa shape index (κ2) is 3.66. The normalized spacial score (nSPS) is 10.7. The van der Waals surface area contributed by atoms with E-state index in [4.69, 9.17) is 0 Å². The molecule has 0 amide bonds. The van der Waals surface area contributed by atoms with E-state index in [1.54, 1.807) is 0 Å². The summed E-state index contributed by atoms with van der Waals surface area (Å²) in [6.45, 7) is 0. The summed E-state index contributed by atoms with van der Waals surface area (Å²) in [5.74, 6) is 0.